The summed E-state index contributed by atoms with van der Waals surface area (Å²) < 4.78 is 5.31. The van der Waals surface area contributed by atoms with Gasteiger partial charge in [-0.3, -0.25) is 4.79 Å². The summed E-state index contributed by atoms with van der Waals surface area (Å²) in [6.07, 6.45) is 0. The summed E-state index contributed by atoms with van der Waals surface area (Å²) in [5.41, 5.74) is 0.346. The highest BCUT2D eigenvalue weighted by atomic mass is 35.5. The van der Waals surface area contributed by atoms with E-state index >= 15 is 0 Å². The predicted molar refractivity (Wildman–Crippen MR) is 92.1 cm³/mol. The van der Waals surface area contributed by atoms with Gasteiger partial charge in [0.25, 0.3) is 5.91 Å². The zero-order chi connectivity index (χ0) is 16.3. The Hall–Kier alpha value is -0.840. The van der Waals surface area contributed by atoms with Crippen LogP contribution in [-0.2, 0) is 4.79 Å². The third-order valence-electron chi connectivity index (χ3n) is 2.55. The Kier molecular flexibility index (Phi) is 6.07. The lowest BCUT2D eigenvalue weighted by molar-refractivity contribution is -0.118. The number of benzene rings is 2. The maximum Gasteiger partial charge on any atom is 0.262 e. The van der Waals surface area contributed by atoms with E-state index < -0.39 is 5.91 Å². The number of carbonyl (C=O) groups excluding carboxylic acids is 1. The minimum absolute atomic E-state index is 0.228. The molecule has 0 unspecified atom stereocenters. The highest BCUT2D eigenvalue weighted by molar-refractivity contribution is 6.44. The fourth-order valence-electron chi connectivity index (χ4n) is 1.52. The summed E-state index contributed by atoms with van der Waals surface area (Å²) in [6, 6.07) is 7.61. The van der Waals surface area contributed by atoms with Gasteiger partial charge in [-0.05, 0) is 24.3 Å². The van der Waals surface area contributed by atoms with Crippen LogP contribution < -0.4 is 10.1 Å². The van der Waals surface area contributed by atoms with Crippen LogP contribution in [0.2, 0.25) is 25.1 Å². The molecule has 0 aliphatic heterocycles. The van der Waals surface area contributed by atoms with Crippen LogP contribution in [0.5, 0.6) is 5.75 Å². The number of anilines is 1. The molecule has 0 atom stereocenters. The van der Waals surface area contributed by atoms with E-state index in [0.29, 0.717) is 26.5 Å². The fraction of sp³-hybridized carbons (Fsp3) is 0.0714. The molecule has 0 spiro atoms. The lowest BCUT2D eigenvalue weighted by Gasteiger charge is -2.10. The molecule has 2 rings (SSSR count). The van der Waals surface area contributed by atoms with Crippen LogP contribution in [0, 0.1) is 0 Å². The molecule has 2 aromatic carbocycles. The molecule has 8 heteroatoms. The Morgan fingerprint density at radius 1 is 0.864 bits per heavy atom. The van der Waals surface area contributed by atoms with Crippen molar-refractivity contribution in [1.29, 1.82) is 0 Å². The number of hydrogen-bond donors (Lipinski definition) is 1. The molecule has 2 aromatic rings. The molecule has 0 saturated heterocycles. The van der Waals surface area contributed by atoms with Crippen LogP contribution in [0.25, 0.3) is 0 Å². The maximum atomic E-state index is 11.9. The number of hydrogen-bond acceptors (Lipinski definition) is 2. The van der Waals surface area contributed by atoms with Gasteiger partial charge >= 0.3 is 0 Å². The molecule has 1 N–H and O–H groups in total. The molecule has 0 aliphatic rings. The van der Waals surface area contributed by atoms with Crippen molar-refractivity contribution < 1.29 is 9.53 Å². The molecular formula is C14H8Cl5NO2. The molecule has 0 saturated carbocycles. The van der Waals surface area contributed by atoms with Crippen molar-refractivity contribution in [3.8, 4) is 5.75 Å². The first-order valence-electron chi connectivity index (χ1n) is 5.89. The van der Waals surface area contributed by atoms with Crippen molar-refractivity contribution in [2.45, 2.75) is 0 Å². The largest absolute Gasteiger partial charge is 0.484 e. The summed E-state index contributed by atoms with van der Waals surface area (Å²) in [5.74, 6) is 0.0103. The van der Waals surface area contributed by atoms with Gasteiger partial charge in [0.2, 0.25) is 0 Å². The Balaban J connectivity index is 1.98. The van der Waals surface area contributed by atoms with E-state index in [1.807, 2.05) is 0 Å². The second-order valence-corrected chi connectivity index (χ2v) is 6.19. The SMILES string of the molecule is O=C(COc1ccc(Cl)c(Cl)c1)Nc1cc(Cl)c(Cl)cc1Cl. The highest BCUT2D eigenvalue weighted by Gasteiger charge is 2.10. The standard InChI is InChI=1S/C14H8Cl5NO2/c15-8-2-1-7(3-9(8)16)22-6-14(21)20-13-5-11(18)10(17)4-12(13)19/h1-5H,6H2,(H,20,21). The normalized spacial score (nSPS) is 10.4. The number of nitrogens with one attached hydrogen (secondary N) is 1. The van der Waals surface area contributed by atoms with Crippen molar-refractivity contribution in [3.63, 3.8) is 0 Å². The van der Waals surface area contributed by atoms with Gasteiger partial charge < -0.3 is 10.1 Å². The van der Waals surface area contributed by atoms with E-state index in [9.17, 15) is 4.79 Å². The Morgan fingerprint density at radius 2 is 1.50 bits per heavy atom. The molecule has 116 valence electrons. The molecule has 0 fully saturated rings. The number of ether oxygens (including phenoxy) is 1. The van der Waals surface area contributed by atoms with E-state index in [2.05, 4.69) is 5.32 Å². The Morgan fingerprint density at radius 3 is 2.18 bits per heavy atom. The molecule has 0 radical (unpaired) electrons. The van der Waals surface area contributed by atoms with Gasteiger partial charge in [-0.1, -0.05) is 58.0 Å². The van der Waals surface area contributed by atoms with Crippen molar-refractivity contribution in [2.24, 2.45) is 0 Å². The van der Waals surface area contributed by atoms with Crippen molar-refractivity contribution >= 4 is 69.6 Å². The smallest absolute Gasteiger partial charge is 0.262 e. The van der Waals surface area contributed by atoms with E-state index in [1.54, 1.807) is 12.1 Å². The fourth-order valence-corrected chi connectivity index (χ4v) is 2.40. The van der Waals surface area contributed by atoms with Gasteiger partial charge in [0.15, 0.2) is 6.61 Å². The molecule has 0 heterocycles. The van der Waals surface area contributed by atoms with Crippen molar-refractivity contribution in [1.82, 2.24) is 0 Å². The monoisotopic (exact) mass is 397 g/mol. The van der Waals surface area contributed by atoms with Crippen LogP contribution in [0.15, 0.2) is 30.3 Å². The molecule has 0 bridgehead atoms. The van der Waals surface area contributed by atoms with Gasteiger partial charge in [-0.15, -0.1) is 0 Å². The minimum atomic E-state index is -0.411. The third kappa shape index (κ3) is 4.58. The highest BCUT2D eigenvalue weighted by Crippen LogP contribution is 2.32. The average Bonchev–Trinajstić information content (AvgIpc) is 2.46. The quantitative estimate of drug-likeness (QED) is 0.643. The second kappa shape index (κ2) is 7.62. The third-order valence-corrected chi connectivity index (χ3v) is 4.32. The predicted octanol–water partition coefficient (Wildman–Crippen LogP) is 5.97. The molecule has 0 aromatic heterocycles. The first kappa shape index (κ1) is 17.5. The van der Waals surface area contributed by atoms with E-state index in [1.165, 1.54) is 18.2 Å². The lowest BCUT2D eigenvalue weighted by Crippen LogP contribution is -2.20. The Bertz CT molecular complexity index is 721. The van der Waals surface area contributed by atoms with Gasteiger partial charge in [0.1, 0.15) is 5.75 Å². The molecule has 1 amide bonds. The zero-order valence-corrected chi connectivity index (χ0v) is 14.6. The molecule has 22 heavy (non-hydrogen) atoms. The van der Waals surface area contributed by atoms with Gasteiger partial charge in [-0.2, -0.15) is 0 Å². The number of halogens is 5. The zero-order valence-electron chi connectivity index (χ0n) is 10.8. The van der Waals surface area contributed by atoms with Crippen LogP contribution in [-0.4, -0.2) is 12.5 Å². The number of rotatable bonds is 4. The van der Waals surface area contributed by atoms with Gasteiger partial charge in [-0.25, -0.2) is 0 Å². The van der Waals surface area contributed by atoms with E-state index in [-0.39, 0.29) is 16.7 Å². The van der Waals surface area contributed by atoms with Crippen molar-refractivity contribution in [3.05, 3.63) is 55.4 Å². The average molecular weight is 399 g/mol. The first-order valence-corrected chi connectivity index (χ1v) is 7.78. The lowest BCUT2D eigenvalue weighted by atomic mass is 10.3. The van der Waals surface area contributed by atoms with Gasteiger partial charge in [0.05, 0.1) is 30.8 Å². The van der Waals surface area contributed by atoms with Crippen LogP contribution in [0.4, 0.5) is 5.69 Å². The maximum absolute atomic E-state index is 11.9. The topological polar surface area (TPSA) is 38.3 Å². The molecular weight excluding hydrogens is 391 g/mol. The summed E-state index contributed by atoms with van der Waals surface area (Å²) in [4.78, 5) is 11.9. The summed E-state index contributed by atoms with van der Waals surface area (Å²) in [7, 11) is 0. The van der Waals surface area contributed by atoms with E-state index in [4.69, 9.17) is 62.7 Å². The Labute approximate surface area is 152 Å². The second-order valence-electron chi connectivity index (χ2n) is 4.16. The van der Waals surface area contributed by atoms with Crippen LogP contribution in [0.3, 0.4) is 0 Å². The number of amides is 1. The molecule has 3 nitrogen and oxygen atoms in total. The first-order chi connectivity index (χ1) is 10.4. The summed E-state index contributed by atoms with van der Waals surface area (Å²) in [6.45, 7) is -0.228. The van der Waals surface area contributed by atoms with Gasteiger partial charge in [0, 0.05) is 6.07 Å². The summed E-state index contributed by atoms with van der Waals surface area (Å²) in [5, 5.41) is 4.18. The minimum Gasteiger partial charge on any atom is -0.484 e. The van der Waals surface area contributed by atoms with Crippen molar-refractivity contribution in [2.75, 3.05) is 11.9 Å². The van der Waals surface area contributed by atoms with Crippen LogP contribution in [0.1, 0.15) is 0 Å². The van der Waals surface area contributed by atoms with Crippen LogP contribution >= 0.6 is 58.0 Å². The molecule has 0 aliphatic carbocycles. The van der Waals surface area contributed by atoms with E-state index in [0.717, 1.165) is 0 Å². The summed E-state index contributed by atoms with van der Waals surface area (Å²) >= 11 is 29.3. The number of carbonyl (C=O) groups is 1.